The summed E-state index contributed by atoms with van der Waals surface area (Å²) in [5.74, 6) is -1.46. The topological polar surface area (TPSA) is 86.6 Å². The number of carboxylic acid groups (broad SMARTS) is 1. The van der Waals surface area contributed by atoms with E-state index in [0.717, 1.165) is 11.1 Å². The van der Waals surface area contributed by atoms with Gasteiger partial charge in [-0.25, -0.2) is 4.79 Å². The molecule has 2 aromatic rings. The van der Waals surface area contributed by atoms with Crippen molar-refractivity contribution < 1.29 is 19.8 Å². The van der Waals surface area contributed by atoms with Crippen LogP contribution >= 0.6 is 11.6 Å². The van der Waals surface area contributed by atoms with Crippen molar-refractivity contribution >= 4 is 23.5 Å². The molecule has 124 valence electrons. The Labute approximate surface area is 143 Å². The quantitative estimate of drug-likeness (QED) is 0.794. The van der Waals surface area contributed by atoms with Gasteiger partial charge in [-0.15, -0.1) is 0 Å². The van der Waals surface area contributed by atoms with Crippen molar-refractivity contribution in [2.24, 2.45) is 0 Å². The Morgan fingerprint density at radius 1 is 1.12 bits per heavy atom. The second-order valence-electron chi connectivity index (χ2n) is 5.86. The van der Waals surface area contributed by atoms with Gasteiger partial charge >= 0.3 is 5.97 Å². The van der Waals surface area contributed by atoms with Crippen molar-refractivity contribution in [1.82, 2.24) is 5.32 Å². The van der Waals surface area contributed by atoms with Crippen molar-refractivity contribution in [3.63, 3.8) is 0 Å². The normalized spacial score (nSPS) is 17.2. The molecule has 0 bridgehead atoms. The molecule has 3 N–H and O–H groups in total. The second-order valence-corrected chi connectivity index (χ2v) is 6.30. The first-order valence-electron chi connectivity index (χ1n) is 7.53. The van der Waals surface area contributed by atoms with E-state index in [1.807, 2.05) is 0 Å². The Balaban J connectivity index is 1.67. The zero-order chi connectivity index (χ0) is 17.3. The summed E-state index contributed by atoms with van der Waals surface area (Å²) in [5, 5.41) is 22.5. The third kappa shape index (κ3) is 3.42. The Bertz CT molecular complexity index is 805. The van der Waals surface area contributed by atoms with E-state index in [2.05, 4.69) is 5.32 Å². The second kappa shape index (κ2) is 6.63. The Morgan fingerprint density at radius 2 is 1.88 bits per heavy atom. The van der Waals surface area contributed by atoms with Crippen LogP contribution in [0, 0.1) is 0 Å². The van der Waals surface area contributed by atoms with Crippen LogP contribution in [0.25, 0.3) is 0 Å². The molecule has 0 radical (unpaired) electrons. The number of carbonyl (C=O) groups is 2. The Morgan fingerprint density at radius 3 is 2.58 bits per heavy atom. The van der Waals surface area contributed by atoms with Crippen LogP contribution in [0.3, 0.4) is 0 Å². The smallest absolute Gasteiger partial charge is 0.335 e. The van der Waals surface area contributed by atoms with Gasteiger partial charge < -0.3 is 15.5 Å². The van der Waals surface area contributed by atoms with Gasteiger partial charge in [0.25, 0.3) is 5.91 Å². The van der Waals surface area contributed by atoms with Gasteiger partial charge in [0.2, 0.25) is 0 Å². The molecule has 1 amide bonds. The van der Waals surface area contributed by atoms with Crippen molar-refractivity contribution in [2.45, 2.75) is 25.0 Å². The highest BCUT2D eigenvalue weighted by molar-refractivity contribution is 6.30. The molecule has 5 nitrogen and oxygen atoms in total. The van der Waals surface area contributed by atoms with Gasteiger partial charge in [0.1, 0.15) is 0 Å². The molecule has 0 heterocycles. The molecule has 0 spiro atoms. The fourth-order valence-corrected chi connectivity index (χ4v) is 3.16. The fraction of sp³-hybridized carbons (Fsp3) is 0.222. The lowest BCUT2D eigenvalue weighted by molar-refractivity contribution is -0.130. The summed E-state index contributed by atoms with van der Waals surface area (Å²) in [4.78, 5) is 23.3. The Kier molecular flexibility index (Phi) is 4.55. The first-order valence-corrected chi connectivity index (χ1v) is 7.91. The number of hydrogen-bond donors (Lipinski definition) is 3. The standard InChI is InChI=1S/C18H16ClNO4/c19-14-3-1-2-11(7-14)16(21)17(22)20-15-8-10-4-5-12(18(23)24)6-13(10)9-15/h1-7,15-16,21H,8-9H2,(H,20,22)(H,23,24). The summed E-state index contributed by atoms with van der Waals surface area (Å²) in [5.41, 5.74) is 2.60. The van der Waals surface area contributed by atoms with Gasteiger partial charge in [-0.2, -0.15) is 0 Å². The number of aliphatic hydroxyl groups is 1. The summed E-state index contributed by atoms with van der Waals surface area (Å²) >= 11 is 5.87. The van der Waals surface area contributed by atoms with E-state index in [4.69, 9.17) is 16.7 Å². The van der Waals surface area contributed by atoms with E-state index in [1.54, 1.807) is 42.5 Å². The van der Waals surface area contributed by atoms with E-state index < -0.39 is 18.0 Å². The monoisotopic (exact) mass is 345 g/mol. The SMILES string of the molecule is O=C(O)c1ccc2c(c1)CC(NC(=O)C(O)c1cccc(Cl)c1)C2. The van der Waals surface area contributed by atoms with Gasteiger partial charge in [-0.05, 0) is 53.8 Å². The number of fused-ring (bicyclic) bond motifs is 1. The van der Waals surface area contributed by atoms with Crippen LogP contribution in [-0.2, 0) is 17.6 Å². The van der Waals surface area contributed by atoms with Crippen LogP contribution in [0.5, 0.6) is 0 Å². The molecule has 3 rings (SSSR count). The van der Waals surface area contributed by atoms with Gasteiger partial charge in [0, 0.05) is 11.1 Å². The molecule has 6 heteroatoms. The lowest BCUT2D eigenvalue weighted by atomic mass is 10.1. The van der Waals surface area contributed by atoms with E-state index >= 15 is 0 Å². The molecule has 0 fully saturated rings. The minimum Gasteiger partial charge on any atom is -0.478 e. The maximum atomic E-state index is 12.2. The third-order valence-electron chi connectivity index (χ3n) is 4.14. The number of rotatable bonds is 4. The average molecular weight is 346 g/mol. The van der Waals surface area contributed by atoms with Gasteiger partial charge in [0.05, 0.1) is 5.56 Å². The number of aliphatic hydroxyl groups excluding tert-OH is 1. The molecule has 2 aromatic carbocycles. The largest absolute Gasteiger partial charge is 0.478 e. The van der Waals surface area contributed by atoms with E-state index in [1.165, 1.54) is 0 Å². The van der Waals surface area contributed by atoms with Crippen LogP contribution in [0.4, 0.5) is 0 Å². The Hall–Kier alpha value is -2.37. The molecule has 1 aliphatic rings. The molecule has 1 aliphatic carbocycles. The average Bonchev–Trinajstić information content (AvgIpc) is 2.95. The summed E-state index contributed by atoms with van der Waals surface area (Å²) in [7, 11) is 0. The van der Waals surface area contributed by atoms with Crippen LogP contribution in [0.2, 0.25) is 5.02 Å². The zero-order valence-electron chi connectivity index (χ0n) is 12.7. The lowest BCUT2D eigenvalue weighted by Gasteiger charge is -2.16. The van der Waals surface area contributed by atoms with Gasteiger partial charge in [-0.1, -0.05) is 29.8 Å². The van der Waals surface area contributed by atoms with Crippen LogP contribution < -0.4 is 5.32 Å². The predicted molar refractivity (Wildman–Crippen MR) is 89.2 cm³/mol. The molecule has 0 aliphatic heterocycles. The summed E-state index contributed by atoms with van der Waals surface area (Å²) < 4.78 is 0. The van der Waals surface area contributed by atoms with Crippen molar-refractivity contribution in [3.05, 3.63) is 69.7 Å². The number of benzene rings is 2. The lowest BCUT2D eigenvalue weighted by Crippen LogP contribution is -2.38. The first-order chi connectivity index (χ1) is 11.4. The predicted octanol–water partition coefficient (Wildman–Crippen LogP) is 2.36. The number of carbonyl (C=O) groups excluding carboxylic acids is 1. The fourth-order valence-electron chi connectivity index (χ4n) is 2.96. The van der Waals surface area contributed by atoms with Gasteiger partial charge in [0.15, 0.2) is 6.10 Å². The minimum absolute atomic E-state index is 0.162. The molecule has 0 saturated carbocycles. The number of carboxylic acids is 1. The molecular weight excluding hydrogens is 330 g/mol. The molecule has 0 aromatic heterocycles. The third-order valence-corrected chi connectivity index (χ3v) is 4.38. The maximum Gasteiger partial charge on any atom is 0.335 e. The molecular formula is C18H16ClNO4. The number of amides is 1. The molecule has 24 heavy (non-hydrogen) atoms. The number of nitrogens with one attached hydrogen (secondary N) is 1. The highest BCUT2D eigenvalue weighted by Crippen LogP contribution is 2.25. The minimum atomic E-state index is -1.29. The van der Waals surface area contributed by atoms with E-state index in [-0.39, 0.29) is 11.6 Å². The van der Waals surface area contributed by atoms with Crippen molar-refractivity contribution in [2.75, 3.05) is 0 Å². The molecule has 2 atom stereocenters. The van der Waals surface area contributed by atoms with E-state index in [0.29, 0.717) is 23.4 Å². The van der Waals surface area contributed by atoms with Crippen molar-refractivity contribution in [3.8, 4) is 0 Å². The number of halogens is 1. The summed E-state index contributed by atoms with van der Waals surface area (Å²) in [6.07, 6.45) is -0.129. The number of hydrogen-bond acceptors (Lipinski definition) is 3. The van der Waals surface area contributed by atoms with E-state index in [9.17, 15) is 14.7 Å². The van der Waals surface area contributed by atoms with Crippen LogP contribution in [-0.4, -0.2) is 28.1 Å². The summed E-state index contributed by atoms with van der Waals surface area (Å²) in [6, 6.07) is 11.3. The van der Waals surface area contributed by atoms with Crippen molar-refractivity contribution in [1.29, 1.82) is 0 Å². The molecule has 0 saturated heterocycles. The van der Waals surface area contributed by atoms with Crippen LogP contribution in [0.15, 0.2) is 42.5 Å². The highest BCUT2D eigenvalue weighted by atomic mass is 35.5. The number of aromatic carboxylic acids is 1. The molecule has 2 unspecified atom stereocenters. The maximum absolute atomic E-state index is 12.2. The highest BCUT2D eigenvalue weighted by Gasteiger charge is 2.26. The van der Waals surface area contributed by atoms with Crippen LogP contribution in [0.1, 0.15) is 33.2 Å². The first kappa shape index (κ1) is 16.5. The summed E-state index contributed by atoms with van der Waals surface area (Å²) in [6.45, 7) is 0. The van der Waals surface area contributed by atoms with Gasteiger partial charge in [-0.3, -0.25) is 4.79 Å². The zero-order valence-corrected chi connectivity index (χ0v) is 13.5.